The Balaban J connectivity index is 1.60. The molecule has 104 valence electrons. The summed E-state index contributed by atoms with van der Waals surface area (Å²) in [5.41, 5.74) is 2.05. The first-order valence-electron chi connectivity index (χ1n) is 6.24. The number of ether oxygens (including phenoxy) is 2. The SMILES string of the molecule is OCCOCCOCCSc1nc2ccccc2[nH]1. The van der Waals surface area contributed by atoms with Crippen molar-refractivity contribution in [1.82, 2.24) is 9.97 Å². The normalized spacial score (nSPS) is 11.2. The van der Waals surface area contributed by atoms with E-state index in [0.717, 1.165) is 21.9 Å². The van der Waals surface area contributed by atoms with Gasteiger partial charge in [0.2, 0.25) is 0 Å². The monoisotopic (exact) mass is 282 g/mol. The molecule has 0 aliphatic rings. The van der Waals surface area contributed by atoms with E-state index in [0.29, 0.717) is 26.4 Å². The third-order valence-electron chi connectivity index (χ3n) is 2.44. The molecule has 6 heteroatoms. The molecule has 1 heterocycles. The van der Waals surface area contributed by atoms with Crippen molar-refractivity contribution in [2.45, 2.75) is 5.16 Å². The van der Waals surface area contributed by atoms with Gasteiger partial charge >= 0.3 is 0 Å². The van der Waals surface area contributed by atoms with Crippen molar-refractivity contribution < 1.29 is 14.6 Å². The highest BCUT2D eigenvalue weighted by Crippen LogP contribution is 2.18. The van der Waals surface area contributed by atoms with E-state index in [-0.39, 0.29) is 6.61 Å². The van der Waals surface area contributed by atoms with E-state index in [4.69, 9.17) is 14.6 Å². The van der Waals surface area contributed by atoms with Gasteiger partial charge in [0.05, 0.1) is 44.1 Å². The van der Waals surface area contributed by atoms with Gasteiger partial charge in [0, 0.05) is 5.75 Å². The van der Waals surface area contributed by atoms with Crippen LogP contribution < -0.4 is 0 Å². The van der Waals surface area contributed by atoms with Crippen LogP contribution in [0.2, 0.25) is 0 Å². The zero-order valence-electron chi connectivity index (χ0n) is 10.7. The number of fused-ring (bicyclic) bond motifs is 1. The second-order valence-corrected chi connectivity index (χ2v) is 4.94. The number of aliphatic hydroxyl groups is 1. The van der Waals surface area contributed by atoms with Crippen molar-refractivity contribution in [1.29, 1.82) is 0 Å². The van der Waals surface area contributed by atoms with Crippen LogP contribution in [0.5, 0.6) is 0 Å². The molecular formula is C13H18N2O3S. The van der Waals surface area contributed by atoms with Gasteiger partial charge in [0.15, 0.2) is 5.16 Å². The number of thioether (sulfide) groups is 1. The third kappa shape index (κ3) is 4.83. The predicted octanol–water partition coefficient (Wildman–Crippen LogP) is 1.68. The number of aromatic nitrogens is 2. The van der Waals surface area contributed by atoms with Crippen LogP contribution in [0, 0.1) is 0 Å². The van der Waals surface area contributed by atoms with Crippen molar-refractivity contribution in [3.05, 3.63) is 24.3 Å². The molecule has 2 rings (SSSR count). The number of aromatic amines is 1. The maximum atomic E-state index is 8.51. The van der Waals surface area contributed by atoms with Crippen molar-refractivity contribution >= 4 is 22.8 Å². The molecule has 0 atom stereocenters. The van der Waals surface area contributed by atoms with E-state index >= 15 is 0 Å². The molecule has 0 aliphatic carbocycles. The molecule has 1 aromatic carbocycles. The minimum atomic E-state index is 0.0574. The predicted molar refractivity (Wildman–Crippen MR) is 75.5 cm³/mol. The van der Waals surface area contributed by atoms with E-state index in [1.165, 1.54) is 0 Å². The fourth-order valence-corrected chi connectivity index (χ4v) is 2.32. The number of imidazole rings is 1. The van der Waals surface area contributed by atoms with Gasteiger partial charge in [-0.3, -0.25) is 0 Å². The first kappa shape index (κ1) is 14.3. The molecule has 0 bridgehead atoms. The molecule has 19 heavy (non-hydrogen) atoms. The van der Waals surface area contributed by atoms with Crippen LogP contribution in [-0.4, -0.2) is 53.9 Å². The van der Waals surface area contributed by atoms with Crippen LogP contribution in [-0.2, 0) is 9.47 Å². The summed E-state index contributed by atoms with van der Waals surface area (Å²) in [6, 6.07) is 7.98. The lowest BCUT2D eigenvalue weighted by Crippen LogP contribution is -2.08. The van der Waals surface area contributed by atoms with Crippen LogP contribution in [0.1, 0.15) is 0 Å². The Morgan fingerprint density at radius 3 is 2.68 bits per heavy atom. The number of benzene rings is 1. The summed E-state index contributed by atoms with van der Waals surface area (Å²) in [5, 5.41) is 9.43. The molecule has 0 aliphatic heterocycles. The quantitative estimate of drug-likeness (QED) is 0.541. The first-order chi connectivity index (χ1) is 9.40. The summed E-state index contributed by atoms with van der Waals surface area (Å²) in [7, 11) is 0. The molecule has 0 saturated carbocycles. The van der Waals surface area contributed by atoms with Crippen molar-refractivity contribution in [2.24, 2.45) is 0 Å². The summed E-state index contributed by atoms with van der Waals surface area (Å²) in [6.45, 7) is 2.17. The van der Waals surface area contributed by atoms with Gasteiger partial charge in [-0.2, -0.15) is 0 Å². The lowest BCUT2D eigenvalue weighted by Gasteiger charge is -2.03. The van der Waals surface area contributed by atoms with E-state index in [1.807, 2.05) is 24.3 Å². The summed E-state index contributed by atoms with van der Waals surface area (Å²) < 4.78 is 10.5. The second kappa shape index (κ2) is 8.16. The van der Waals surface area contributed by atoms with Gasteiger partial charge in [-0.15, -0.1) is 0 Å². The minimum Gasteiger partial charge on any atom is -0.394 e. The zero-order chi connectivity index (χ0) is 13.3. The highest BCUT2D eigenvalue weighted by molar-refractivity contribution is 7.99. The van der Waals surface area contributed by atoms with Crippen molar-refractivity contribution in [3.8, 4) is 0 Å². The standard InChI is InChI=1S/C13H18N2O3S/c16-5-6-17-7-8-18-9-10-19-13-14-11-3-1-2-4-12(11)15-13/h1-4,16H,5-10H2,(H,14,15). The largest absolute Gasteiger partial charge is 0.394 e. The van der Waals surface area contributed by atoms with Gasteiger partial charge in [-0.05, 0) is 12.1 Å². The van der Waals surface area contributed by atoms with Crippen LogP contribution >= 0.6 is 11.8 Å². The Hall–Kier alpha value is -1.08. The lowest BCUT2D eigenvalue weighted by atomic mass is 10.3. The van der Waals surface area contributed by atoms with Crippen molar-refractivity contribution in [2.75, 3.05) is 38.8 Å². The Morgan fingerprint density at radius 2 is 1.89 bits per heavy atom. The maximum Gasteiger partial charge on any atom is 0.166 e. The van der Waals surface area contributed by atoms with Gasteiger partial charge in [-0.1, -0.05) is 23.9 Å². The van der Waals surface area contributed by atoms with Crippen LogP contribution in [0.3, 0.4) is 0 Å². The number of para-hydroxylation sites is 2. The molecule has 2 aromatic rings. The Bertz CT molecular complexity index is 456. The fourth-order valence-electron chi connectivity index (χ4n) is 1.58. The molecule has 2 N–H and O–H groups in total. The number of hydrogen-bond donors (Lipinski definition) is 2. The maximum absolute atomic E-state index is 8.51. The molecule has 0 unspecified atom stereocenters. The van der Waals surface area contributed by atoms with Crippen molar-refractivity contribution in [3.63, 3.8) is 0 Å². The average Bonchev–Trinajstić information content (AvgIpc) is 2.84. The van der Waals surface area contributed by atoms with Gasteiger partial charge in [-0.25, -0.2) is 4.98 Å². The van der Waals surface area contributed by atoms with Crippen LogP contribution in [0.15, 0.2) is 29.4 Å². The first-order valence-corrected chi connectivity index (χ1v) is 7.22. The van der Waals surface area contributed by atoms with E-state index in [9.17, 15) is 0 Å². The minimum absolute atomic E-state index is 0.0574. The molecule has 0 amide bonds. The van der Waals surface area contributed by atoms with Gasteiger partial charge in [0.1, 0.15) is 0 Å². The highest BCUT2D eigenvalue weighted by atomic mass is 32.2. The number of nitrogens with zero attached hydrogens (tertiary/aromatic N) is 1. The Labute approximate surface area is 116 Å². The molecule has 5 nitrogen and oxygen atoms in total. The average molecular weight is 282 g/mol. The second-order valence-electron chi connectivity index (χ2n) is 3.86. The third-order valence-corrected chi connectivity index (χ3v) is 3.28. The van der Waals surface area contributed by atoms with Gasteiger partial charge < -0.3 is 19.6 Å². The Kier molecular flexibility index (Phi) is 6.16. The Morgan fingerprint density at radius 1 is 1.11 bits per heavy atom. The summed E-state index contributed by atoms with van der Waals surface area (Å²) in [5.74, 6) is 0.847. The number of nitrogens with one attached hydrogen (secondary N) is 1. The van der Waals surface area contributed by atoms with Crippen LogP contribution in [0.25, 0.3) is 11.0 Å². The van der Waals surface area contributed by atoms with Gasteiger partial charge in [0.25, 0.3) is 0 Å². The van der Waals surface area contributed by atoms with E-state index < -0.39 is 0 Å². The number of aliphatic hydroxyl groups excluding tert-OH is 1. The molecular weight excluding hydrogens is 264 g/mol. The number of rotatable bonds is 9. The highest BCUT2D eigenvalue weighted by Gasteiger charge is 2.01. The molecule has 0 spiro atoms. The number of H-pyrrole nitrogens is 1. The summed E-state index contributed by atoms with van der Waals surface area (Å²) >= 11 is 1.64. The smallest absolute Gasteiger partial charge is 0.166 e. The van der Waals surface area contributed by atoms with E-state index in [1.54, 1.807) is 11.8 Å². The summed E-state index contributed by atoms with van der Waals surface area (Å²) in [6.07, 6.45) is 0. The fraction of sp³-hybridized carbons (Fsp3) is 0.462. The van der Waals surface area contributed by atoms with Crippen LogP contribution in [0.4, 0.5) is 0 Å². The number of hydrogen-bond acceptors (Lipinski definition) is 5. The zero-order valence-corrected chi connectivity index (χ0v) is 11.5. The topological polar surface area (TPSA) is 67.4 Å². The lowest BCUT2D eigenvalue weighted by molar-refractivity contribution is 0.0377. The molecule has 0 saturated heterocycles. The molecule has 1 aromatic heterocycles. The molecule has 0 fully saturated rings. The molecule has 0 radical (unpaired) electrons. The van der Waals surface area contributed by atoms with E-state index in [2.05, 4.69) is 9.97 Å². The summed E-state index contributed by atoms with van der Waals surface area (Å²) in [4.78, 5) is 7.73.